The smallest absolute Gasteiger partial charge is 0.317 e. The quantitative estimate of drug-likeness (QED) is 0.785. The summed E-state index contributed by atoms with van der Waals surface area (Å²) in [7, 11) is 0. The second-order valence-electron chi connectivity index (χ2n) is 5.10. The van der Waals surface area contributed by atoms with Gasteiger partial charge in [0.1, 0.15) is 0 Å². The van der Waals surface area contributed by atoms with Crippen LogP contribution in [0.5, 0.6) is 0 Å². The van der Waals surface area contributed by atoms with Gasteiger partial charge in [-0.1, -0.05) is 13.8 Å². The third-order valence-corrected chi connectivity index (χ3v) is 3.18. The summed E-state index contributed by atoms with van der Waals surface area (Å²) in [4.78, 5) is 3.75. The molecule has 3 nitrogen and oxygen atoms in total. The Morgan fingerprint density at radius 3 is 2.17 bits per heavy atom. The summed E-state index contributed by atoms with van der Waals surface area (Å²) in [6, 6.07) is 0. The first kappa shape index (κ1) is 15.7. The van der Waals surface area contributed by atoms with Crippen molar-refractivity contribution in [3.8, 4) is 0 Å². The van der Waals surface area contributed by atoms with Crippen LogP contribution < -0.4 is 5.32 Å². The first-order valence-corrected chi connectivity index (χ1v) is 6.63. The molecular formula is C12H24F3N3. The third kappa shape index (κ3) is 6.56. The normalized spacial score (nSPS) is 21.2. The summed E-state index contributed by atoms with van der Waals surface area (Å²) in [5, 5.41) is 3.29. The molecule has 1 unspecified atom stereocenters. The van der Waals surface area contributed by atoms with Crippen molar-refractivity contribution < 1.29 is 13.2 Å². The van der Waals surface area contributed by atoms with Crippen LogP contribution in [0.15, 0.2) is 0 Å². The standard InChI is InChI=1S/C12H24F3N3/c1-3-16-8-11(2)9-17-4-6-18(7-5-17)10-12(13,14)15/h11,16H,3-10H2,1-2H3. The van der Waals surface area contributed by atoms with Gasteiger partial charge < -0.3 is 10.2 Å². The molecule has 0 aromatic rings. The van der Waals surface area contributed by atoms with Crippen LogP contribution in [0.1, 0.15) is 13.8 Å². The van der Waals surface area contributed by atoms with Crippen molar-refractivity contribution in [2.75, 3.05) is 52.4 Å². The lowest BCUT2D eigenvalue weighted by Gasteiger charge is -2.36. The Hall–Kier alpha value is -0.330. The monoisotopic (exact) mass is 267 g/mol. The Balaban J connectivity index is 2.19. The largest absolute Gasteiger partial charge is 0.401 e. The molecule has 0 saturated carbocycles. The van der Waals surface area contributed by atoms with Gasteiger partial charge in [-0.3, -0.25) is 4.90 Å². The molecule has 0 amide bonds. The SMILES string of the molecule is CCNCC(C)CN1CCN(CC(F)(F)F)CC1. The van der Waals surface area contributed by atoms with E-state index in [1.807, 2.05) is 0 Å². The van der Waals surface area contributed by atoms with Crippen molar-refractivity contribution in [3.05, 3.63) is 0 Å². The number of nitrogens with zero attached hydrogens (tertiary/aromatic N) is 2. The first-order valence-electron chi connectivity index (χ1n) is 6.63. The zero-order valence-electron chi connectivity index (χ0n) is 11.3. The molecule has 1 aliphatic rings. The molecule has 1 saturated heterocycles. The van der Waals surface area contributed by atoms with E-state index >= 15 is 0 Å². The van der Waals surface area contributed by atoms with Gasteiger partial charge in [0.25, 0.3) is 0 Å². The van der Waals surface area contributed by atoms with Gasteiger partial charge >= 0.3 is 6.18 Å². The van der Waals surface area contributed by atoms with Gasteiger partial charge in [-0.05, 0) is 19.0 Å². The van der Waals surface area contributed by atoms with Crippen molar-refractivity contribution in [1.29, 1.82) is 0 Å². The van der Waals surface area contributed by atoms with Crippen LogP contribution in [0.4, 0.5) is 13.2 Å². The summed E-state index contributed by atoms with van der Waals surface area (Å²) in [6.45, 7) is 8.90. The predicted molar refractivity (Wildman–Crippen MR) is 66.6 cm³/mol. The lowest BCUT2D eigenvalue weighted by Crippen LogP contribution is -2.50. The van der Waals surface area contributed by atoms with Crippen molar-refractivity contribution in [1.82, 2.24) is 15.1 Å². The molecule has 0 radical (unpaired) electrons. The molecule has 6 heteroatoms. The van der Waals surface area contributed by atoms with Crippen LogP contribution in [0.2, 0.25) is 0 Å². The maximum Gasteiger partial charge on any atom is 0.401 e. The molecule has 1 N–H and O–H groups in total. The molecule has 0 aliphatic carbocycles. The average Bonchev–Trinajstić information content (AvgIpc) is 2.27. The minimum Gasteiger partial charge on any atom is -0.317 e. The number of halogens is 3. The summed E-state index contributed by atoms with van der Waals surface area (Å²) in [5.41, 5.74) is 0. The van der Waals surface area contributed by atoms with E-state index in [2.05, 4.69) is 24.1 Å². The summed E-state index contributed by atoms with van der Waals surface area (Å²) < 4.78 is 36.7. The van der Waals surface area contributed by atoms with Gasteiger partial charge in [0.2, 0.25) is 0 Å². The minimum atomic E-state index is -4.07. The number of nitrogens with one attached hydrogen (secondary N) is 1. The van der Waals surface area contributed by atoms with Crippen LogP contribution in [0.25, 0.3) is 0 Å². The number of hydrogen-bond acceptors (Lipinski definition) is 3. The summed E-state index contributed by atoms with van der Waals surface area (Å²) >= 11 is 0. The number of rotatable bonds is 6. The van der Waals surface area contributed by atoms with Crippen LogP contribution in [-0.4, -0.2) is 68.3 Å². The van der Waals surface area contributed by atoms with E-state index in [1.165, 1.54) is 4.90 Å². The second kappa shape index (κ2) is 7.31. The molecule has 1 heterocycles. The van der Waals surface area contributed by atoms with E-state index in [9.17, 15) is 13.2 Å². The maximum absolute atomic E-state index is 12.2. The van der Waals surface area contributed by atoms with Gasteiger partial charge in [0, 0.05) is 32.7 Å². The molecule has 1 fully saturated rings. The Morgan fingerprint density at radius 1 is 1.11 bits per heavy atom. The Morgan fingerprint density at radius 2 is 1.67 bits per heavy atom. The number of alkyl halides is 3. The average molecular weight is 267 g/mol. The molecular weight excluding hydrogens is 243 g/mol. The predicted octanol–water partition coefficient (Wildman–Crippen LogP) is 1.41. The Labute approximate surface area is 107 Å². The van der Waals surface area contributed by atoms with Gasteiger partial charge in [0.05, 0.1) is 6.54 Å². The zero-order valence-corrected chi connectivity index (χ0v) is 11.3. The van der Waals surface area contributed by atoms with Crippen LogP contribution in [0, 0.1) is 5.92 Å². The molecule has 1 aliphatic heterocycles. The molecule has 0 bridgehead atoms. The first-order chi connectivity index (χ1) is 8.40. The summed E-state index contributed by atoms with van der Waals surface area (Å²) in [5.74, 6) is 0.541. The molecule has 0 aromatic carbocycles. The van der Waals surface area contributed by atoms with E-state index in [0.29, 0.717) is 19.0 Å². The Kier molecular flexibility index (Phi) is 6.38. The van der Waals surface area contributed by atoms with Gasteiger partial charge in [-0.25, -0.2) is 0 Å². The molecule has 18 heavy (non-hydrogen) atoms. The van der Waals surface area contributed by atoms with E-state index in [4.69, 9.17) is 0 Å². The highest BCUT2D eigenvalue weighted by Crippen LogP contribution is 2.17. The Bertz CT molecular complexity index is 225. The minimum absolute atomic E-state index is 0.521. The van der Waals surface area contributed by atoms with Crippen molar-refractivity contribution in [2.45, 2.75) is 20.0 Å². The van der Waals surface area contributed by atoms with Crippen molar-refractivity contribution >= 4 is 0 Å². The fourth-order valence-corrected chi connectivity index (χ4v) is 2.28. The number of piperazine rings is 1. The van der Waals surface area contributed by atoms with Crippen molar-refractivity contribution in [2.24, 2.45) is 5.92 Å². The van der Waals surface area contributed by atoms with E-state index in [-0.39, 0.29) is 0 Å². The van der Waals surface area contributed by atoms with Crippen LogP contribution in [-0.2, 0) is 0 Å². The van der Waals surface area contributed by atoms with Gasteiger partial charge in [0.15, 0.2) is 0 Å². The maximum atomic E-state index is 12.2. The molecule has 1 atom stereocenters. The number of hydrogen-bond donors (Lipinski definition) is 1. The van der Waals surface area contributed by atoms with E-state index < -0.39 is 12.7 Å². The fraction of sp³-hybridized carbons (Fsp3) is 1.00. The second-order valence-corrected chi connectivity index (χ2v) is 5.10. The van der Waals surface area contributed by atoms with Gasteiger partial charge in [-0.2, -0.15) is 13.2 Å². The van der Waals surface area contributed by atoms with Crippen LogP contribution in [0.3, 0.4) is 0 Å². The highest BCUT2D eigenvalue weighted by molar-refractivity contribution is 4.75. The lowest BCUT2D eigenvalue weighted by molar-refractivity contribution is -0.149. The van der Waals surface area contributed by atoms with Crippen LogP contribution >= 0.6 is 0 Å². The van der Waals surface area contributed by atoms with E-state index in [0.717, 1.165) is 32.7 Å². The lowest BCUT2D eigenvalue weighted by atomic mass is 10.1. The highest BCUT2D eigenvalue weighted by atomic mass is 19.4. The van der Waals surface area contributed by atoms with E-state index in [1.54, 1.807) is 0 Å². The zero-order chi connectivity index (χ0) is 13.6. The molecule has 0 spiro atoms. The third-order valence-electron chi connectivity index (χ3n) is 3.18. The molecule has 108 valence electrons. The topological polar surface area (TPSA) is 18.5 Å². The summed E-state index contributed by atoms with van der Waals surface area (Å²) in [6.07, 6.45) is -4.07. The fourth-order valence-electron chi connectivity index (χ4n) is 2.28. The van der Waals surface area contributed by atoms with Gasteiger partial charge in [-0.15, -0.1) is 0 Å². The molecule has 0 aromatic heterocycles. The van der Waals surface area contributed by atoms with Crippen molar-refractivity contribution in [3.63, 3.8) is 0 Å². The molecule has 1 rings (SSSR count). The highest BCUT2D eigenvalue weighted by Gasteiger charge is 2.32.